The van der Waals surface area contributed by atoms with Gasteiger partial charge in [-0.15, -0.1) is 0 Å². The van der Waals surface area contributed by atoms with E-state index in [-0.39, 0.29) is 6.67 Å². The van der Waals surface area contributed by atoms with E-state index in [9.17, 15) is 4.39 Å². The van der Waals surface area contributed by atoms with E-state index in [0.717, 1.165) is 6.54 Å². The van der Waals surface area contributed by atoms with E-state index in [1.54, 1.807) is 7.11 Å². The molecule has 0 aromatic rings. The highest BCUT2D eigenvalue weighted by molar-refractivity contribution is 4.47. The summed E-state index contributed by atoms with van der Waals surface area (Å²) in [4.78, 5) is 1.87. The van der Waals surface area contributed by atoms with E-state index in [0.29, 0.717) is 19.9 Å². The van der Waals surface area contributed by atoms with Gasteiger partial charge in [-0.2, -0.15) is 0 Å². The Bertz CT molecular complexity index is 82.8. The predicted molar refractivity (Wildman–Crippen MR) is 41.3 cm³/mol. The van der Waals surface area contributed by atoms with E-state index < -0.39 is 0 Å². The molecule has 11 heavy (non-hydrogen) atoms. The molecule has 0 rings (SSSR count). The summed E-state index contributed by atoms with van der Waals surface area (Å²) in [6, 6.07) is 0. The number of hydrogen-bond acceptors (Lipinski definition) is 3. The molecule has 0 bridgehead atoms. The van der Waals surface area contributed by atoms with Crippen LogP contribution in [0, 0.1) is 0 Å². The average Bonchev–Trinajstić information content (AvgIpc) is 1.99. The van der Waals surface area contributed by atoms with Crippen LogP contribution in [0.5, 0.6) is 0 Å². The molecule has 0 heterocycles. The largest absolute Gasteiger partial charge is 0.359 e. The SMILES string of the molecule is COCOCCN(C)CCF. The lowest BCUT2D eigenvalue weighted by atomic mass is 10.5. The van der Waals surface area contributed by atoms with Gasteiger partial charge in [0.2, 0.25) is 0 Å². The lowest BCUT2D eigenvalue weighted by Gasteiger charge is -2.13. The minimum atomic E-state index is -0.305. The van der Waals surface area contributed by atoms with E-state index in [4.69, 9.17) is 4.74 Å². The van der Waals surface area contributed by atoms with Gasteiger partial charge < -0.3 is 14.4 Å². The number of ether oxygens (including phenoxy) is 2. The molecule has 0 aliphatic heterocycles. The molecule has 0 N–H and O–H groups in total. The quantitative estimate of drug-likeness (QED) is 0.405. The number of nitrogens with zero attached hydrogens (tertiary/aromatic N) is 1. The third-order valence-electron chi connectivity index (χ3n) is 1.28. The molecular formula is C7H16FNO2. The van der Waals surface area contributed by atoms with Crippen molar-refractivity contribution in [2.45, 2.75) is 0 Å². The minimum Gasteiger partial charge on any atom is -0.359 e. The molecule has 0 aliphatic carbocycles. The van der Waals surface area contributed by atoms with Crippen LogP contribution in [0.3, 0.4) is 0 Å². The molecule has 0 saturated heterocycles. The van der Waals surface area contributed by atoms with E-state index in [2.05, 4.69) is 4.74 Å². The van der Waals surface area contributed by atoms with Crippen molar-refractivity contribution in [3.05, 3.63) is 0 Å². The summed E-state index contributed by atoms with van der Waals surface area (Å²) >= 11 is 0. The molecule has 0 radical (unpaired) electrons. The summed E-state index contributed by atoms with van der Waals surface area (Å²) in [5, 5.41) is 0. The van der Waals surface area contributed by atoms with Crippen LogP contribution in [0.25, 0.3) is 0 Å². The molecule has 0 fully saturated rings. The van der Waals surface area contributed by atoms with Gasteiger partial charge in [0.25, 0.3) is 0 Å². The Morgan fingerprint density at radius 2 is 2.09 bits per heavy atom. The van der Waals surface area contributed by atoms with Crippen molar-refractivity contribution < 1.29 is 13.9 Å². The summed E-state index contributed by atoms with van der Waals surface area (Å²) in [5.74, 6) is 0. The zero-order valence-electron chi connectivity index (χ0n) is 7.18. The van der Waals surface area contributed by atoms with E-state index in [1.807, 2.05) is 11.9 Å². The molecule has 3 nitrogen and oxygen atoms in total. The summed E-state index contributed by atoms with van der Waals surface area (Å²) in [7, 11) is 3.43. The van der Waals surface area contributed by atoms with Crippen molar-refractivity contribution in [2.24, 2.45) is 0 Å². The monoisotopic (exact) mass is 165 g/mol. The Labute approximate surface area is 67.1 Å². The fourth-order valence-electron chi connectivity index (χ4n) is 0.619. The molecule has 0 unspecified atom stereocenters. The second-order valence-corrected chi connectivity index (χ2v) is 2.31. The maximum absolute atomic E-state index is 11.7. The summed E-state index contributed by atoms with van der Waals surface area (Å²) < 4.78 is 21.4. The maximum Gasteiger partial charge on any atom is 0.146 e. The smallest absolute Gasteiger partial charge is 0.146 e. The summed E-state index contributed by atoms with van der Waals surface area (Å²) in [5.41, 5.74) is 0. The fraction of sp³-hybridized carbons (Fsp3) is 1.00. The highest BCUT2D eigenvalue weighted by Crippen LogP contribution is 1.83. The number of likely N-dealkylation sites (N-methyl/N-ethyl adjacent to an activating group) is 1. The number of methoxy groups -OCH3 is 1. The molecule has 0 amide bonds. The molecule has 0 spiro atoms. The van der Waals surface area contributed by atoms with Gasteiger partial charge in [0.15, 0.2) is 0 Å². The Balaban J connectivity index is 2.97. The minimum absolute atomic E-state index is 0.305. The fourth-order valence-corrected chi connectivity index (χ4v) is 0.619. The van der Waals surface area contributed by atoms with Crippen molar-refractivity contribution in [3.63, 3.8) is 0 Å². The Kier molecular flexibility index (Phi) is 7.78. The predicted octanol–water partition coefficient (Wildman–Crippen LogP) is 0.508. The first-order valence-electron chi connectivity index (χ1n) is 3.62. The van der Waals surface area contributed by atoms with Crippen molar-refractivity contribution in [3.8, 4) is 0 Å². The van der Waals surface area contributed by atoms with Crippen LogP contribution in [0.1, 0.15) is 0 Å². The molecule has 0 aromatic heterocycles. The van der Waals surface area contributed by atoms with E-state index >= 15 is 0 Å². The van der Waals surface area contributed by atoms with E-state index in [1.165, 1.54) is 0 Å². The van der Waals surface area contributed by atoms with Gasteiger partial charge in [0.1, 0.15) is 13.5 Å². The first kappa shape index (κ1) is 10.8. The number of alkyl halides is 1. The van der Waals surface area contributed by atoms with Crippen LogP contribution in [0.2, 0.25) is 0 Å². The molecule has 0 saturated carbocycles. The summed E-state index contributed by atoms with van der Waals surface area (Å²) in [6.45, 7) is 1.80. The van der Waals surface area contributed by atoms with Gasteiger partial charge in [-0.3, -0.25) is 0 Å². The van der Waals surface area contributed by atoms with Gasteiger partial charge in [-0.1, -0.05) is 0 Å². The first-order valence-corrected chi connectivity index (χ1v) is 3.62. The zero-order valence-corrected chi connectivity index (χ0v) is 7.18. The van der Waals surface area contributed by atoms with Crippen LogP contribution in [0.4, 0.5) is 4.39 Å². The van der Waals surface area contributed by atoms with Crippen LogP contribution < -0.4 is 0 Å². The second kappa shape index (κ2) is 7.91. The Hall–Kier alpha value is -0.190. The third-order valence-corrected chi connectivity index (χ3v) is 1.28. The van der Waals surface area contributed by atoms with Crippen LogP contribution in [-0.4, -0.2) is 52.2 Å². The third kappa shape index (κ3) is 7.71. The number of rotatable bonds is 7. The molecule has 0 aromatic carbocycles. The first-order chi connectivity index (χ1) is 5.31. The lowest BCUT2D eigenvalue weighted by Crippen LogP contribution is -2.25. The van der Waals surface area contributed by atoms with Gasteiger partial charge in [0, 0.05) is 20.2 Å². The Morgan fingerprint density at radius 3 is 2.64 bits per heavy atom. The maximum atomic E-state index is 11.7. The van der Waals surface area contributed by atoms with Crippen LogP contribution in [0.15, 0.2) is 0 Å². The van der Waals surface area contributed by atoms with Crippen LogP contribution >= 0.6 is 0 Å². The van der Waals surface area contributed by atoms with Gasteiger partial charge in [-0.05, 0) is 7.05 Å². The second-order valence-electron chi connectivity index (χ2n) is 2.31. The number of hydrogen-bond donors (Lipinski definition) is 0. The van der Waals surface area contributed by atoms with Gasteiger partial charge in [-0.25, -0.2) is 4.39 Å². The average molecular weight is 165 g/mol. The molecule has 68 valence electrons. The van der Waals surface area contributed by atoms with Crippen molar-refractivity contribution in [1.29, 1.82) is 0 Å². The molecule has 0 aliphatic rings. The van der Waals surface area contributed by atoms with Gasteiger partial charge in [0.05, 0.1) is 6.61 Å². The standard InChI is InChI=1S/C7H16FNO2/c1-9(4-3-8)5-6-11-7-10-2/h3-7H2,1-2H3. The lowest BCUT2D eigenvalue weighted by molar-refractivity contribution is -0.0352. The highest BCUT2D eigenvalue weighted by atomic mass is 19.1. The van der Waals surface area contributed by atoms with Crippen molar-refractivity contribution >= 4 is 0 Å². The normalized spacial score (nSPS) is 10.9. The Morgan fingerprint density at radius 1 is 1.36 bits per heavy atom. The van der Waals surface area contributed by atoms with Gasteiger partial charge >= 0.3 is 0 Å². The van der Waals surface area contributed by atoms with Crippen LogP contribution in [-0.2, 0) is 9.47 Å². The van der Waals surface area contributed by atoms with Crippen molar-refractivity contribution in [1.82, 2.24) is 4.90 Å². The summed E-state index contributed by atoms with van der Waals surface area (Å²) in [6.07, 6.45) is 0. The number of halogens is 1. The highest BCUT2D eigenvalue weighted by Gasteiger charge is 1.95. The topological polar surface area (TPSA) is 21.7 Å². The molecule has 4 heteroatoms. The molecular weight excluding hydrogens is 149 g/mol. The zero-order chi connectivity index (χ0) is 8.53. The molecule has 0 atom stereocenters. The van der Waals surface area contributed by atoms with Crippen molar-refractivity contribution in [2.75, 3.05) is 47.3 Å².